The molecule has 110 valence electrons. The van der Waals surface area contributed by atoms with Gasteiger partial charge in [0.25, 0.3) is 0 Å². The normalized spacial score (nSPS) is 10.0. The Kier molecular flexibility index (Phi) is 5.19. The molecule has 2 rings (SSSR count). The Morgan fingerprint density at radius 2 is 1.95 bits per heavy atom. The molecule has 1 aromatic heterocycles. The molecule has 0 saturated heterocycles. The number of anilines is 1. The predicted octanol–water partition coefficient (Wildman–Crippen LogP) is 2.24. The second-order valence-corrected chi connectivity index (χ2v) is 5.27. The minimum atomic E-state index is -0.169. The van der Waals surface area contributed by atoms with E-state index in [0.717, 1.165) is 11.4 Å². The van der Waals surface area contributed by atoms with Crippen molar-refractivity contribution in [1.29, 1.82) is 0 Å². The van der Waals surface area contributed by atoms with Crippen LogP contribution in [-0.4, -0.2) is 15.6 Å². The van der Waals surface area contributed by atoms with Gasteiger partial charge in [0.15, 0.2) is 5.11 Å². The van der Waals surface area contributed by atoms with Crippen LogP contribution in [0.2, 0.25) is 5.02 Å². The first-order valence-electron chi connectivity index (χ1n) is 6.26. The Morgan fingerprint density at radius 1 is 1.24 bits per heavy atom. The lowest BCUT2D eigenvalue weighted by Gasteiger charge is -2.11. The lowest BCUT2D eigenvalue weighted by molar-refractivity contribution is -0.121. The van der Waals surface area contributed by atoms with E-state index in [1.165, 1.54) is 0 Å². The van der Waals surface area contributed by atoms with Crippen LogP contribution in [0, 0.1) is 0 Å². The van der Waals surface area contributed by atoms with Gasteiger partial charge < -0.3 is 9.88 Å². The average molecular weight is 323 g/mol. The highest BCUT2D eigenvalue weighted by molar-refractivity contribution is 7.80. The third kappa shape index (κ3) is 4.77. The number of carbonyl (C=O) groups is 1. The maximum atomic E-state index is 11.8. The lowest BCUT2D eigenvalue weighted by Crippen LogP contribution is -2.44. The van der Waals surface area contributed by atoms with Gasteiger partial charge in [-0.05, 0) is 48.6 Å². The highest BCUT2D eigenvalue weighted by Gasteiger charge is 2.06. The van der Waals surface area contributed by atoms with Gasteiger partial charge in [0, 0.05) is 29.6 Å². The summed E-state index contributed by atoms with van der Waals surface area (Å²) in [5.74, 6) is -0.169. The molecule has 7 heteroatoms. The van der Waals surface area contributed by atoms with Crippen LogP contribution in [0.1, 0.15) is 5.69 Å². The number of aromatic nitrogens is 1. The van der Waals surface area contributed by atoms with E-state index >= 15 is 0 Å². The molecular formula is C14H15ClN4OS. The van der Waals surface area contributed by atoms with Crippen LogP contribution in [0.5, 0.6) is 0 Å². The average Bonchev–Trinajstić information content (AvgIpc) is 2.85. The van der Waals surface area contributed by atoms with Crippen molar-refractivity contribution in [3.63, 3.8) is 0 Å². The maximum absolute atomic E-state index is 11.8. The van der Waals surface area contributed by atoms with Gasteiger partial charge in [0.05, 0.1) is 6.42 Å². The number of aryl methyl sites for hydroxylation is 1. The van der Waals surface area contributed by atoms with E-state index in [0.29, 0.717) is 10.1 Å². The van der Waals surface area contributed by atoms with Gasteiger partial charge in [-0.2, -0.15) is 0 Å². The topological polar surface area (TPSA) is 58.1 Å². The minimum absolute atomic E-state index is 0.169. The number of hydrogen-bond donors (Lipinski definition) is 3. The first-order chi connectivity index (χ1) is 10.0. The molecule has 2 aromatic rings. The standard InChI is InChI=1S/C14H15ClN4OS/c1-19-8-2-3-12(19)9-13(20)17-18-14(21)16-11-6-4-10(15)5-7-11/h2-8H,9H2,1H3,(H,17,20)(H2,16,18,21). The fraction of sp³-hybridized carbons (Fsp3) is 0.143. The number of amides is 1. The lowest BCUT2D eigenvalue weighted by atomic mass is 10.3. The van der Waals surface area contributed by atoms with Crippen molar-refractivity contribution < 1.29 is 4.79 Å². The van der Waals surface area contributed by atoms with Crippen molar-refractivity contribution >= 4 is 40.5 Å². The molecule has 0 aliphatic heterocycles. The largest absolute Gasteiger partial charge is 0.354 e. The molecule has 1 amide bonds. The SMILES string of the molecule is Cn1cccc1CC(=O)NNC(=S)Nc1ccc(Cl)cc1. The van der Waals surface area contributed by atoms with Crippen molar-refractivity contribution in [2.75, 3.05) is 5.32 Å². The van der Waals surface area contributed by atoms with Crippen LogP contribution < -0.4 is 16.2 Å². The zero-order valence-corrected chi connectivity index (χ0v) is 13.0. The number of hydrazine groups is 1. The van der Waals surface area contributed by atoms with E-state index in [9.17, 15) is 4.79 Å². The molecule has 1 heterocycles. The van der Waals surface area contributed by atoms with Crippen LogP contribution >= 0.6 is 23.8 Å². The molecule has 0 spiro atoms. The summed E-state index contributed by atoms with van der Waals surface area (Å²) in [6.07, 6.45) is 2.17. The van der Waals surface area contributed by atoms with E-state index in [1.807, 2.05) is 29.9 Å². The second kappa shape index (κ2) is 7.10. The number of nitrogens with zero attached hydrogens (tertiary/aromatic N) is 1. The van der Waals surface area contributed by atoms with Gasteiger partial charge >= 0.3 is 0 Å². The fourth-order valence-electron chi connectivity index (χ4n) is 1.71. The summed E-state index contributed by atoms with van der Waals surface area (Å²) >= 11 is 10.9. The minimum Gasteiger partial charge on any atom is -0.354 e. The second-order valence-electron chi connectivity index (χ2n) is 4.42. The van der Waals surface area contributed by atoms with Crippen molar-refractivity contribution in [2.45, 2.75) is 6.42 Å². The zero-order chi connectivity index (χ0) is 15.2. The maximum Gasteiger partial charge on any atom is 0.244 e. The van der Waals surface area contributed by atoms with E-state index in [1.54, 1.807) is 24.3 Å². The molecule has 5 nitrogen and oxygen atoms in total. The van der Waals surface area contributed by atoms with Crippen LogP contribution in [0.3, 0.4) is 0 Å². The molecular weight excluding hydrogens is 308 g/mol. The molecule has 3 N–H and O–H groups in total. The van der Waals surface area contributed by atoms with Gasteiger partial charge in [0.2, 0.25) is 5.91 Å². The van der Waals surface area contributed by atoms with Gasteiger partial charge in [-0.15, -0.1) is 0 Å². The Hall–Kier alpha value is -2.05. The third-order valence-corrected chi connectivity index (χ3v) is 3.27. The molecule has 0 bridgehead atoms. The number of carbonyl (C=O) groups excluding carboxylic acids is 1. The highest BCUT2D eigenvalue weighted by atomic mass is 35.5. The molecule has 0 atom stereocenters. The van der Waals surface area contributed by atoms with Crippen LogP contribution in [0.15, 0.2) is 42.6 Å². The predicted molar refractivity (Wildman–Crippen MR) is 88.1 cm³/mol. The molecule has 21 heavy (non-hydrogen) atoms. The summed E-state index contributed by atoms with van der Waals surface area (Å²) in [5.41, 5.74) is 6.91. The first-order valence-corrected chi connectivity index (χ1v) is 7.05. The summed E-state index contributed by atoms with van der Waals surface area (Å²) in [5, 5.41) is 3.89. The number of thiocarbonyl (C=S) groups is 1. The molecule has 0 aliphatic carbocycles. The molecule has 0 unspecified atom stereocenters. The molecule has 1 aromatic carbocycles. The quantitative estimate of drug-likeness (QED) is 0.599. The Balaban J connectivity index is 1.77. The molecule has 0 radical (unpaired) electrons. The van der Waals surface area contributed by atoms with Crippen molar-refractivity contribution in [2.24, 2.45) is 7.05 Å². The molecule has 0 saturated carbocycles. The number of benzene rings is 1. The number of rotatable bonds is 3. The summed E-state index contributed by atoms with van der Waals surface area (Å²) in [4.78, 5) is 11.8. The Labute approximate surface area is 133 Å². The van der Waals surface area contributed by atoms with Crippen LogP contribution in [-0.2, 0) is 18.3 Å². The number of hydrogen-bond acceptors (Lipinski definition) is 2. The fourth-order valence-corrected chi connectivity index (χ4v) is 2.01. The van der Waals surface area contributed by atoms with Gasteiger partial charge in [-0.25, -0.2) is 0 Å². The summed E-state index contributed by atoms with van der Waals surface area (Å²) in [6, 6.07) is 10.9. The monoisotopic (exact) mass is 322 g/mol. The number of nitrogens with one attached hydrogen (secondary N) is 3. The molecule has 0 aliphatic rings. The van der Waals surface area contributed by atoms with E-state index < -0.39 is 0 Å². The first kappa shape index (κ1) is 15.3. The van der Waals surface area contributed by atoms with E-state index in [2.05, 4.69) is 16.2 Å². The highest BCUT2D eigenvalue weighted by Crippen LogP contribution is 2.12. The van der Waals surface area contributed by atoms with Crippen molar-refractivity contribution in [3.8, 4) is 0 Å². The van der Waals surface area contributed by atoms with Crippen molar-refractivity contribution in [3.05, 3.63) is 53.3 Å². The Morgan fingerprint density at radius 3 is 2.57 bits per heavy atom. The van der Waals surface area contributed by atoms with Gasteiger partial charge in [-0.1, -0.05) is 11.6 Å². The summed E-state index contributed by atoms with van der Waals surface area (Å²) in [6.45, 7) is 0. The Bertz CT molecular complexity index is 639. The smallest absolute Gasteiger partial charge is 0.244 e. The summed E-state index contributed by atoms with van der Waals surface area (Å²) < 4.78 is 1.89. The van der Waals surface area contributed by atoms with E-state index in [4.69, 9.17) is 23.8 Å². The number of halogens is 1. The summed E-state index contributed by atoms with van der Waals surface area (Å²) in [7, 11) is 1.89. The molecule has 0 fully saturated rings. The van der Waals surface area contributed by atoms with Crippen molar-refractivity contribution in [1.82, 2.24) is 15.4 Å². The van der Waals surface area contributed by atoms with Crippen LogP contribution in [0.25, 0.3) is 0 Å². The van der Waals surface area contributed by atoms with E-state index in [-0.39, 0.29) is 12.3 Å². The van der Waals surface area contributed by atoms with Gasteiger partial charge in [0.1, 0.15) is 0 Å². The van der Waals surface area contributed by atoms with Gasteiger partial charge in [-0.3, -0.25) is 15.6 Å². The zero-order valence-electron chi connectivity index (χ0n) is 11.4. The van der Waals surface area contributed by atoms with Crippen LogP contribution in [0.4, 0.5) is 5.69 Å². The third-order valence-electron chi connectivity index (χ3n) is 2.81.